The van der Waals surface area contributed by atoms with Crippen molar-refractivity contribution in [2.24, 2.45) is 0 Å². The van der Waals surface area contributed by atoms with E-state index in [1.165, 1.54) is 23.3 Å². The first-order valence-electron chi connectivity index (χ1n) is 10.9. The summed E-state index contributed by atoms with van der Waals surface area (Å²) >= 11 is 0. The highest BCUT2D eigenvalue weighted by molar-refractivity contribution is 5.93. The lowest BCUT2D eigenvalue weighted by atomic mass is 10.1. The van der Waals surface area contributed by atoms with E-state index in [2.05, 4.69) is 49.2 Å². The first-order valence-corrected chi connectivity index (χ1v) is 10.9. The monoisotopic (exact) mass is 440 g/mol. The van der Waals surface area contributed by atoms with Gasteiger partial charge < -0.3 is 5.11 Å². The van der Waals surface area contributed by atoms with Crippen LogP contribution in [0.15, 0.2) is 47.3 Å². The molecule has 1 N–H and O–H groups in total. The maximum absolute atomic E-state index is 13.0. The van der Waals surface area contributed by atoms with Crippen molar-refractivity contribution in [3.05, 3.63) is 92.3 Å². The summed E-state index contributed by atoms with van der Waals surface area (Å²) in [6.07, 6.45) is 2.76. The molecule has 0 bridgehead atoms. The minimum absolute atomic E-state index is 0.118. The minimum Gasteiger partial charge on any atom is -0.478 e. The quantitative estimate of drug-likeness (QED) is 0.513. The molecule has 0 radical (unpaired) electrons. The zero-order valence-corrected chi connectivity index (χ0v) is 18.8. The number of fused-ring (bicyclic) bond motifs is 2. The number of aryl methyl sites for hydroxylation is 2. The first-order chi connectivity index (χ1) is 15.8. The van der Waals surface area contributed by atoms with Crippen molar-refractivity contribution in [1.82, 2.24) is 19.3 Å². The van der Waals surface area contributed by atoms with Crippen molar-refractivity contribution < 1.29 is 9.90 Å². The lowest BCUT2D eigenvalue weighted by molar-refractivity contribution is 0.0697. The number of carbonyl (C=O) groups is 1. The van der Waals surface area contributed by atoms with Crippen LogP contribution >= 0.6 is 0 Å². The van der Waals surface area contributed by atoms with Gasteiger partial charge in [0.25, 0.3) is 5.56 Å². The van der Waals surface area contributed by atoms with Gasteiger partial charge in [0.05, 0.1) is 28.7 Å². The van der Waals surface area contributed by atoms with Crippen LogP contribution in [0.1, 0.15) is 50.7 Å². The molecule has 2 aromatic carbocycles. The average Bonchev–Trinajstić information content (AvgIpc) is 3.31. The molecule has 0 spiro atoms. The molecule has 0 fully saturated rings. The Hall–Kier alpha value is -4.00. The van der Waals surface area contributed by atoms with E-state index in [1.807, 2.05) is 11.6 Å². The SMILES string of the molecule is Cc1ccc(Cn2nc(C)c(/C=C3\CCn4c3nc3cc(C(=O)O)ccc3c4=O)c2C)cc1. The molecule has 166 valence electrons. The summed E-state index contributed by atoms with van der Waals surface area (Å²) in [4.78, 5) is 29.0. The van der Waals surface area contributed by atoms with E-state index in [0.717, 1.165) is 22.5 Å². The molecule has 3 heterocycles. The molecular weight excluding hydrogens is 416 g/mol. The van der Waals surface area contributed by atoms with Crippen molar-refractivity contribution in [2.45, 2.75) is 40.3 Å². The fraction of sp³-hybridized carbons (Fsp3) is 0.231. The van der Waals surface area contributed by atoms with Crippen molar-refractivity contribution in [1.29, 1.82) is 0 Å². The van der Waals surface area contributed by atoms with E-state index in [9.17, 15) is 14.7 Å². The standard InChI is InChI=1S/C26H24N4O3/c1-15-4-6-18(7-5-15)14-30-17(3)22(16(2)28-30)12-19-10-11-29-24(19)27-23-13-20(26(32)33)8-9-21(23)25(29)31/h4-9,12-13H,10-11,14H2,1-3H3,(H,32,33)/b19-12+. The first kappa shape index (κ1) is 20.9. The molecule has 0 unspecified atom stereocenters. The van der Waals surface area contributed by atoms with Crippen LogP contribution in [0.5, 0.6) is 0 Å². The highest BCUT2D eigenvalue weighted by atomic mass is 16.4. The smallest absolute Gasteiger partial charge is 0.335 e. The minimum atomic E-state index is -1.04. The third-order valence-corrected chi connectivity index (χ3v) is 6.30. The summed E-state index contributed by atoms with van der Waals surface area (Å²) in [6, 6.07) is 12.9. The molecule has 0 saturated carbocycles. The summed E-state index contributed by atoms with van der Waals surface area (Å²) in [7, 11) is 0. The van der Waals surface area contributed by atoms with E-state index in [4.69, 9.17) is 5.10 Å². The number of benzene rings is 2. The second-order valence-electron chi connectivity index (χ2n) is 8.58. The Kier molecular flexibility index (Phi) is 4.96. The lowest BCUT2D eigenvalue weighted by Gasteiger charge is -2.07. The highest BCUT2D eigenvalue weighted by Crippen LogP contribution is 2.29. The number of aromatic carboxylic acids is 1. The van der Waals surface area contributed by atoms with Crippen LogP contribution in [0.4, 0.5) is 0 Å². The van der Waals surface area contributed by atoms with E-state index in [-0.39, 0.29) is 11.1 Å². The summed E-state index contributed by atoms with van der Waals surface area (Å²) in [5.41, 5.74) is 6.74. The maximum Gasteiger partial charge on any atom is 0.335 e. The number of hydrogen-bond donors (Lipinski definition) is 1. The van der Waals surface area contributed by atoms with Crippen LogP contribution < -0.4 is 5.56 Å². The largest absolute Gasteiger partial charge is 0.478 e. The van der Waals surface area contributed by atoms with E-state index in [0.29, 0.717) is 36.2 Å². The normalized spacial score (nSPS) is 14.2. The van der Waals surface area contributed by atoms with E-state index in [1.54, 1.807) is 10.6 Å². The van der Waals surface area contributed by atoms with Crippen LogP contribution in [0.25, 0.3) is 22.6 Å². The third kappa shape index (κ3) is 3.65. The average molecular weight is 441 g/mol. The van der Waals surface area contributed by atoms with E-state index < -0.39 is 5.97 Å². The fourth-order valence-electron chi connectivity index (χ4n) is 4.40. The zero-order chi connectivity index (χ0) is 23.3. The van der Waals surface area contributed by atoms with Gasteiger partial charge in [-0.25, -0.2) is 9.78 Å². The van der Waals surface area contributed by atoms with Crippen LogP contribution in [0.2, 0.25) is 0 Å². The zero-order valence-electron chi connectivity index (χ0n) is 18.8. The number of aromatic nitrogens is 4. The topological polar surface area (TPSA) is 90.0 Å². The van der Waals surface area contributed by atoms with Crippen molar-refractivity contribution in [3.63, 3.8) is 0 Å². The molecule has 0 amide bonds. The van der Waals surface area contributed by atoms with Crippen molar-refractivity contribution in [3.8, 4) is 0 Å². The number of hydrogen-bond acceptors (Lipinski definition) is 4. The van der Waals surface area contributed by atoms with Gasteiger partial charge in [-0.15, -0.1) is 0 Å². The van der Waals surface area contributed by atoms with Gasteiger partial charge in [-0.2, -0.15) is 5.10 Å². The molecule has 0 saturated heterocycles. The molecule has 7 heteroatoms. The molecule has 2 aromatic heterocycles. The Morgan fingerprint density at radius 2 is 1.88 bits per heavy atom. The number of carboxylic acids is 1. The second kappa shape index (κ2) is 7.85. The summed E-state index contributed by atoms with van der Waals surface area (Å²) < 4.78 is 3.68. The number of rotatable bonds is 4. The van der Waals surface area contributed by atoms with Crippen molar-refractivity contribution >= 4 is 28.5 Å². The van der Waals surface area contributed by atoms with Crippen LogP contribution in [-0.2, 0) is 13.1 Å². The predicted octanol–water partition coefficient (Wildman–Crippen LogP) is 4.21. The molecule has 4 aromatic rings. The Balaban J connectivity index is 1.56. The number of carboxylic acid groups (broad SMARTS) is 1. The van der Waals surface area contributed by atoms with Gasteiger partial charge in [-0.05, 0) is 62.6 Å². The van der Waals surface area contributed by atoms with Crippen LogP contribution in [0.3, 0.4) is 0 Å². The van der Waals surface area contributed by atoms with Gasteiger partial charge in [0.15, 0.2) is 0 Å². The molecule has 33 heavy (non-hydrogen) atoms. The highest BCUT2D eigenvalue weighted by Gasteiger charge is 2.22. The maximum atomic E-state index is 13.0. The van der Waals surface area contributed by atoms with Gasteiger partial charge in [0.2, 0.25) is 0 Å². The molecule has 0 aliphatic carbocycles. The molecule has 1 aliphatic heterocycles. The molecule has 0 atom stereocenters. The summed E-state index contributed by atoms with van der Waals surface area (Å²) in [5.74, 6) is -0.442. The van der Waals surface area contributed by atoms with Gasteiger partial charge in [-0.1, -0.05) is 29.8 Å². The van der Waals surface area contributed by atoms with Crippen molar-refractivity contribution in [2.75, 3.05) is 0 Å². The molecule has 5 rings (SSSR count). The van der Waals surface area contributed by atoms with Gasteiger partial charge in [0.1, 0.15) is 5.82 Å². The number of allylic oxidation sites excluding steroid dienone is 1. The van der Waals surface area contributed by atoms with Gasteiger partial charge in [0, 0.05) is 17.8 Å². The Labute approximate surface area is 190 Å². The summed E-state index contributed by atoms with van der Waals surface area (Å²) in [5, 5.41) is 14.5. The van der Waals surface area contributed by atoms with Crippen LogP contribution in [-0.4, -0.2) is 30.4 Å². The molecule has 1 aliphatic rings. The van der Waals surface area contributed by atoms with Gasteiger partial charge in [-0.3, -0.25) is 14.0 Å². The second-order valence-corrected chi connectivity index (χ2v) is 8.58. The predicted molar refractivity (Wildman–Crippen MR) is 127 cm³/mol. The summed E-state index contributed by atoms with van der Waals surface area (Å²) in [6.45, 7) is 7.35. The Bertz CT molecular complexity index is 1510. The molecular formula is C26H24N4O3. The number of nitrogens with zero attached hydrogens (tertiary/aromatic N) is 4. The third-order valence-electron chi connectivity index (χ3n) is 6.30. The Morgan fingerprint density at radius 1 is 1.12 bits per heavy atom. The lowest BCUT2D eigenvalue weighted by Crippen LogP contribution is -2.21. The van der Waals surface area contributed by atoms with Crippen LogP contribution in [0, 0.1) is 20.8 Å². The molecule has 7 nitrogen and oxygen atoms in total. The van der Waals surface area contributed by atoms with E-state index >= 15 is 0 Å². The van der Waals surface area contributed by atoms with Gasteiger partial charge >= 0.3 is 5.97 Å². The Morgan fingerprint density at radius 3 is 2.61 bits per heavy atom. The fourth-order valence-corrected chi connectivity index (χ4v) is 4.40.